The highest BCUT2D eigenvalue weighted by Gasteiger charge is 2.22. The van der Waals surface area contributed by atoms with Crippen molar-refractivity contribution in [3.05, 3.63) is 28.0 Å². The zero-order valence-corrected chi connectivity index (χ0v) is 14.0. The van der Waals surface area contributed by atoms with Gasteiger partial charge in [-0.05, 0) is 12.1 Å². The first-order valence-electron chi connectivity index (χ1n) is 5.39. The summed E-state index contributed by atoms with van der Waals surface area (Å²) < 4.78 is 58.5. The molecule has 7 nitrogen and oxygen atoms in total. The van der Waals surface area contributed by atoms with Crippen LogP contribution in [-0.2, 0) is 19.9 Å². The van der Waals surface area contributed by atoms with Crippen molar-refractivity contribution in [2.75, 3.05) is 18.6 Å². The Kier molecular flexibility index (Phi) is 5.47. The number of rotatable bonds is 5. The summed E-state index contributed by atoms with van der Waals surface area (Å²) in [6, 6.07) is 2.00. The van der Waals surface area contributed by atoms with Crippen LogP contribution in [0, 0.1) is 5.82 Å². The first kappa shape index (κ1) is 18.0. The monoisotopic (exact) mass is 402 g/mol. The van der Waals surface area contributed by atoms with Gasteiger partial charge in [0.15, 0.2) is 5.82 Å². The maximum absolute atomic E-state index is 14.0. The Labute approximate surface area is 129 Å². The third-order valence-electron chi connectivity index (χ3n) is 2.31. The Bertz CT molecular complexity index is 777. The molecular formula is C10H12BrFN2O5S2. The number of carbonyl (C=O) groups excluding carboxylic acids is 1. The molecule has 0 fully saturated rings. The molecule has 1 amide bonds. The van der Waals surface area contributed by atoms with Crippen molar-refractivity contribution in [2.24, 2.45) is 5.14 Å². The van der Waals surface area contributed by atoms with Gasteiger partial charge in [0.25, 0.3) is 5.91 Å². The summed E-state index contributed by atoms with van der Waals surface area (Å²) in [4.78, 5) is 11.0. The molecule has 0 unspecified atom stereocenters. The van der Waals surface area contributed by atoms with E-state index < -0.39 is 42.0 Å². The summed E-state index contributed by atoms with van der Waals surface area (Å²) in [7, 11) is -7.62. The van der Waals surface area contributed by atoms with Gasteiger partial charge in [0.2, 0.25) is 10.0 Å². The molecule has 0 saturated heterocycles. The van der Waals surface area contributed by atoms with Gasteiger partial charge in [-0.3, -0.25) is 4.79 Å². The topological polar surface area (TPSA) is 123 Å². The predicted molar refractivity (Wildman–Crippen MR) is 77.5 cm³/mol. The van der Waals surface area contributed by atoms with E-state index in [1.165, 1.54) is 0 Å². The number of benzene rings is 1. The standard InChI is InChI=1S/C10H12BrFN2O5S2/c1-20(16,17)3-2-14-10(15)7-4-6(11)5-8(9(7)12)21(13,18)19/h4-5H,2-3H2,1H3,(H,14,15)(H2,13,18,19). The number of sulfone groups is 1. The summed E-state index contributed by atoms with van der Waals surface area (Å²) >= 11 is 2.95. The Morgan fingerprint density at radius 2 is 1.90 bits per heavy atom. The highest BCUT2D eigenvalue weighted by atomic mass is 79.9. The van der Waals surface area contributed by atoms with Crippen LogP contribution in [0.4, 0.5) is 4.39 Å². The Morgan fingerprint density at radius 3 is 2.38 bits per heavy atom. The van der Waals surface area contributed by atoms with Gasteiger partial charge in [-0.1, -0.05) is 15.9 Å². The van der Waals surface area contributed by atoms with Gasteiger partial charge in [-0.15, -0.1) is 0 Å². The maximum Gasteiger partial charge on any atom is 0.254 e. The smallest absolute Gasteiger partial charge is 0.254 e. The molecule has 0 saturated carbocycles. The summed E-state index contributed by atoms with van der Waals surface area (Å²) in [5, 5.41) is 7.04. The lowest BCUT2D eigenvalue weighted by atomic mass is 10.2. The number of hydrogen-bond acceptors (Lipinski definition) is 5. The van der Waals surface area contributed by atoms with Crippen LogP contribution in [0.5, 0.6) is 0 Å². The second-order valence-corrected chi connectivity index (χ2v) is 8.90. The minimum atomic E-state index is -4.34. The third kappa shape index (κ3) is 5.34. The first-order valence-corrected chi connectivity index (χ1v) is 9.79. The number of nitrogens with one attached hydrogen (secondary N) is 1. The van der Waals surface area contributed by atoms with E-state index in [4.69, 9.17) is 5.14 Å². The molecule has 0 aliphatic rings. The minimum Gasteiger partial charge on any atom is -0.351 e. The van der Waals surface area contributed by atoms with Crippen LogP contribution in [0.25, 0.3) is 0 Å². The molecule has 0 aliphatic heterocycles. The molecule has 0 aromatic heterocycles. The number of nitrogens with two attached hydrogens (primary N) is 1. The zero-order chi connectivity index (χ0) is 16.4. The van der Waals surface area contributed by atoms with E-state index >= 15 is 0 Å². The van der Waals surface area contributed by atoms with Gasteiger partial charge >= 0.3 is 0 Å². The number of primary sulfonamides is 1. The van der Waals surface area contributed by atoms with Crippen LogP contribution in [-0.4, -0.2) is 41.3 Å². The number of carbonyl (C=O) groups is 1. The molecule has 0 aliphatic carbocycles. The molecule has 0 bridgehead atoms. The van der Waals surface area contributed by atoms with Crippen LogP contribution >= 0.6 is 15.9 Å². The second kappa shape index (κ2) is 6.38. The highest BCUT2D eigenvalue weighted by molar-refractivity contribution is 9.10. The summed E-state index contributed by atoms with van der Waals surface area (Å²) in [5.41, 5.74) is -0.554. The van der Waals surface area contributed by atoms with Gasteiger partial charge < -0.3 is 5.32 Å². The van der Waals surface area contributed by atoms with Crippen LogP contribution in [0.1, 0.15) is 10.4 Å². The number of halogens is 2. The first-order chi connectivity index (χ1) is 9.42. The van der Waals surface area contributed by atoms with E-state index in [0.717, 1.165) is 18.4 Å². The molecule has 0 radical (unpaired) electrons. The van der Waals surface area contributed by atoms with Crippen LogP contribution in [0.15, 0.2) is 21.5 Å². The molecule has 21 heavy (non-hydrogen) atoms. The van der Waals surface area contributed by atoms with Crippen molar-refractivity contribution in [3.8, 4) is 0 Å². The summed E-state index contributed by atoms with van der Waals surface area (Å²) in [6.07, 6.45) is 0.984. The molecule has 0 atom stereocenters. The van der Waals surface area contributed by atoms with Gasteiger partial charge in [0.1, 0.15) is 14.7 Å². The number of amides is 1. The van der Waals surface area contributed by atoms with Crippen molar-refractivity contribution in [1.82, 2.24) is 5.32 Å². The molecule has 1 aromatic carbocycles. The molecule has 1 aromatic rings. The number of hydrogen-bond donors (Lipinski definition) is 2. The van der Waals surface area contributed by atoms with E-state index in [1.54, 1.807) is 0 Å². The fraction of sp³-hybridized carbons (Fsp3) is 0.300. The SMILES string of the molecule is CS(=O)(=O)CCNC(=O)c1cc(Br)cc(S(N)(=O)=O)c1F. The molecule has 0 spiro atoms. The zero-order valence-electron chi connectivity index (χ0n) is 10.8. The van der Waals surface area contributed by atoms with Gasteiger partial charge in [0, 0.05) is 17.3 Å². The normalized spacial score (nSPS) is 12.2. The predicted octanol–water partition coefficient (Wildman–Crippen LogP) is 0.01000. The van der Waals surface area contributed by atoms with Crippen molar-refractivity contribution < 1.29 is 26.0 Å². The second-order valence-electron chi connectivity index (χ2n) is 4.20. The molecule has 11 heteroatoms. The van der Waals surface area contributed by atoms with Gasteiger partial charge in [0.05, 0.1) is 11.3 Å². The van der Waals surface area contributed by atoms with Crippen LogP contribution < -0.4 is 10.5 Å². The lowest BCUT2D eigenvalue weighted by molar-refractivity contribution is 0.0951. The lowest BCUT2D eigenvalue weighted by Crippen LogP contribution is -2.30. The van der Waals surface area contributed by atoms with Crippen molar-refractivity contribution >= 4 is 41.7 Å². The highest BCUT2D eigenvalue weighted by Crippen LogP contribution is 2.23. The minimum absolute atomic E-state index is 0.140. The van der Waals surface area contributed by atoms with E-state index in [1.807, 2.05) is 0 Å². The average molecular weight is 403 g/mol. The molecule has 3 N–H and O–H groups in total. The number of sulfonamides is 1. The molecular weight excluding hydrogens is 391 g/mol. The van der Waals surface area contributed by atoms with E-state index in [9.17, 15) is 26.0 Å². The van der Waals surface area contributed by atoms with Crippen LogP contribution in [0.2, 0.25) is 0 Å². The van der Waals surface area contributed by atoms with E-state index in [0.29, 0.717) is 0 Å². The van der Waals surface area contributed by atoms with E-state index in [2.05, 4.69) is 21.2 Å². The Morgan fingerprint density at radius 1 is 1.33 bits per heavy atom. The molecule has 118 valence electrons. The molecule has 0 heterocycles. The third-order valence-corrected chi connectivity index (χ3v) is 4.63. The summed E-state index contributed by atoms with van der Waals surface area (Å²) in [5.74, 6) is -2.56. The Hall–Kier alpha value is -1.04. The van der Waals surface area contributed by atoms with Gasteiger partial charge in [-0.2, -0.15) is 0 Å². The lowest BCUT2D eigenvalue weighted by Gasteiger charge is -2.09. The van der Waals surface area contributed by atoms with Crippen molar-refractivity contribution in [3.63, 3.8) is 0 Å². The van der Waals surface area contributed by atoms with Gasteiger partial charge in [-0.25, -0.2) is 26.4 Å². The van der Waals surface area contributed by atoms with E-state index in [-0.39, 0.29) is 16.8 Å². The largest absolute Gasteiger partial charge is 0.351 e. The quantitative estimate of drug-likeness (QED) is 0.717. The van der Waals surface area contributed by atoms with Crippen molar-refractivity contribution in [1.29, 1.82) is 0 Å². The summed E-state index contributed by atoms with van der Waals surface area (Å²) in [6.45, 7) is -0.228. The fourth-order valence-corrected chi connectivity index (χ4v) is 3.11. The Balaban J connectivity index is 3.08. The van der Waals surface area contributed by atoms with Crippen LogP contribution in [0.3, 0.4) is 0 Å². The maximum atomic E-state index is 14.0. The fourth-order valence-electron chi connectivity index (χ4n) is 1.38. The van der Waals surface area contributed by atoms with Crippen molar-refractivity contribution in [2.45, 2.75) is 4.90 Å². The molecule has 1 rings (SSSR count). The average Bonchev–Trinajstić information content (AvgIpc) is 2.28.